The van der Waals surface area contributed by atoms with Crippen molar-refractivity contribution in [3.8, 4) is 0 Å². The topological polar surface area (TPSA) is 129 Å². The van der Waals surface area contributed by atoms with E-state index in [4.69, 9.17) is 22.3 Å². The average molecular weight is 368 g/mol. The molecule has 1 amide bonds. The predicted molar refractivity (Wildman–Crippen MR) is 105 cm³/mol. The van der Waals surface area contributed by atoms with E-state index in [2.05, 4.69) is 29.6 Å². The molecule has 0 aliphatic rings. The van der Waals surface area contributed by atoms with Crippen LogP contribution in [0.3, 0.4) is 0 Å². The summed E-state index contributed by atoms with van der Waals surface area (Å²) in [5, 5.41) is 17.9. The van der Waals surface area contributed by atoms with Gasteiger partial charge < -0.3 is 16.8 Å². The van der Waals surface area contributed by atoms with Gasteiger partial charge in [-0.15, -0.1) is 0 Å². The minimum absolute atomic E-state index is 0.0469. The SMILES string of the molecule is CC(=O)NCC[C@H](Cc1ccc(CCSC(=N)N)cc1)SC(=N)N. The summed E-state index contributed by atoms with van der Waals surface area (Å²) in [6, 6.07) is 8.33. The molecule has 0 saturated carbocycles. The Balaban J connectivity index is 2.53. The third kappa shape index (κ3) is 9.46. The zero-order valence-electron chi connectivity index (χ0n) is 13.8. The van der Waals surface area contributed by atoms with Crippen molar-refractivity contribution in [2.45, 2.75) is 31.4 Å². The summed E-state index contributed by atoms with van der Waals surface area (Å²) >= 11 is 2.68. The van der Waals surface area contributed by atoms with Crippen LogP contribution in [0.4, 0.5) is 0 Å². The van der Waals surface area contributed by atoms with E-state index < -0.39 is 0 Å². The van der Waals surface area contributed by atoms with Gasteiger partial charge in [-0.2, -0.15) is 0 Å². The molecule has 0 radical (unpaired) electrons. The van der Waals surface area contributed by atoms with Crippen molar-refractivity contribution in [2.75, 3.05) is 12.3 Å². The molecule has 1 rings (SSSR count). The van der Waals surface area contributed by atoms with Crippen LogP contribution < -0.4 is 16.8 Å². The molecule has 8 heteroatoms. The van der Waals surface area contributed by atoms with Gasteiger partial charge in [0.2, 0.25) is 5.91 Å². The standard InChI is InChI=1S/C16H25N5OS2/c1-11(22)21-8-6-14(24-16(19)20)10-13-4-2-12(3-5-13)7-9-23-15(17)18/h2-5,14H,6-10H2,1H3,(H3,17,18)(H3,19,20)(H,21,22)/t14-/m1/s1. The first-order valence-electron chi connectivity index (χ1n) is 7.66. The number of aryl methyl sites for hydroxylation is 1. The largest absolute Gasteiger partial charge is 0.379 e. The molecular formula is C16H25N5OS2. The van der Waals surface area contributed by atoms with Crippen LogP contribution in [0.15, 0.2) is 24.3 Å². The molecule has 0 fully saturated rings. The average Bonchev–Trinajstić information content (AvgIpc) is 2.47. The molecule has 0 bridgehead atoms. The number of thioether (sulfide) groups is 2. The number of hydrogen-bond donors (Lipinski definition) is 5. The van der Waals surface area contributed by atoms with Crippen molar-refractivity contribution in [2.24, 2.45) is 11.5 Å². The van der Waals surface area contributed by atoms with Gasteiger partial charge in [-0.1, -0.05) is 47.8 Å². The third-order valence-electron chi connectivity index (χ3n) is 3.27. The first-order chi connectivity index (χ1) is 11.4. The molecule has 1 aromatic carbocycles. The first kappa shape index (κ1) is 20.4. The molecule has 6 nitrogen and oxygen atoms in total. The Morgan fingerprint density at radius 3 is 2.33 bits per heavy atom. The zero-order valence-corrected chi connectivity index (χ0v) is 15.4. The molecule has 0 aromatic heterocycles. The van der Waals surface area contributed by atoms with Crippen LogP contribution in [0.25, 0.3) is 0 Å². The van der Waals surface area contributed by atoms with Crippen LogP contribution in [0.1, 0.15) is 24.5 Å². The maximum absolute atomic E-state index is 11.0. The van der Waals surface area contributed by atoms with Gasteiger partial charge >= 0.3 is 0 Å². The van der Waals surface area contributed by atoms with Crippen molar-refractivity contribution in [1.29, 1.82) is 10.8 Å². The Labute approximate surface area is 151 Å². The number of hydrogen-bond acceptors (Lipinski definition) is 5. The van der Waals surface area contributed by atoms with Crippen LogP contribution >= 0.6 is 23.5 Å². The van der Waals surface area contributed by atoms with Gasteiger partial charge in [0.15, 0.2) is 10.3 Å². The lowest BCUT2D eigenvalue weighted by Gasteiger charge is -2.16. The molecule has 1 atom stereocenters. The summed E-state index contributed by atoms with van der Waals surface area (Å²) in [5.41, 5.74) is 13.2. The number of rotatable bonds is 9. The molecular weight excluding hydrogens is 342 g/mol. The van der Waals surface area contributed by atoms with E-state index in [9.17, 15) is 4.79 Å². The fourth-order valence-electron chi connectivity index (χ4n) is 2.18. The molecule has 24 heavy (non-hydrogen) atoms. The van der Waals surface area contributed by atoms with Crippen LogP contribution in [0.2, 0.25) is 0 Å². The van der Waals surface area contributed by atoms with Gasteiger partial charge in [0.25, 0.3) is 0 Å². The number of nitrogens with two attached hydrogens (primary N) is 2. The third-order valence-corrected chi connectivity index (χ3v) is 4.98. The van der Waals surface area contributed by atoms with Crippen LogP contribution in [-0.4, -0.2) is 33.8 Å². The highest BCUT2D eigenvalue weighted by Crippen LogP contribution is 2.20. The summed E-state index contributed by atoms with van der Waals surface area (Å²) in [6.45, 7) is 2.08. The van der Waals surface area contributed by atoms with Crippen molar-refractivity contribution in [1.82, 2.24) is 5.32 Å². The summed E-state index contributed by atoms with van der Waals surface area (Å²) in [6.07, 6.45) is 2.44. The molecule has 0 aliphatic heterocycles. The molecule has 0 aliphatic carbocycles. The fraction of sp³-hybridized carbons (Fsp3) is 0.438. The minimum atomic E-state index is -0.0469. The number of carbonyl (C=O) groups is 1. The van der Waals surface area contributed by atoms with Gasteiger partial charge in [0, 0.05) is 24.5 Å². The van der Waals surface area contributed by atoms with E-state index in [1.165, 1.54) is 41.6 Å². The van der Waals surface area contributed by atoms with Gasteiger partial charge in [-0.05, 0) is 30.4 Å². The first-order valence-corrected chi connectivity index (χ1v) is 9.53. The molecule has 132 valence electrons. The summed E-state index contributed by atoms with van der Waals surface area (Å²) < 4.78 is 0. The predicted octanol–water partition coefficient (Wildman–Crippen LogP) is 1.92. The van der Waals surface area contributed by atoms with Gasteiger partial charge in [0.1, 0.15) is 0 Å². The number of benzene rings is 1. The van der Waals surface area contributed by atoms with Gasteiger partial charge in [0.05, 0.1) is 0 Å². The Kier molecular flexibility index (Phi) is 9.33. The zero-order chi connectivity index (χ0) is 17.9. The van der Waals surface area contributed by atoms with Crippen molar-refractivity contribution < 1.29 is 4.79 Å². The van der Waals surface area contributed by atoms with E-state index >= 15 is 0 Å². The highest BCUT2D eigenvalue weighted by Gasteiger charge is 2.12. The number of carbonyl (C=O) groups excluding carboxylic acids is 1. The lowest BCUT2D eigenvalue weighted by molar-refractivity contribution is -0.118. The summed E-state index contributed by atoms with van der Waals surface area (Å²) in [5.74, 6) is 0.753. The highest BCUT2D eigenvalue weighted by atomic mass is 32.2. The maximum Gasteiger partial charge on any atom is 0.216 e. The second kappa shape index (κ2) is 11.0. The van der Waals surface area contributed by atoms with Crippen molar-refractivity contribution in [3.63, 3.8) is 0 Å². The summed E-state index contributed by atoms with van der Waals surface area (Å²) in [4.78, 5) is 11.0. The second-order valence-electron chi connectivity index (χ2n) is 5.36. The maximum atomic E-state index is 11.0. The molecule has 0 saturated heterocycles. The van der Waals surface area contributed by atoms with E-state index in [0.717, 1.165) is 25.0 Å². The number of amidine groups is 2. The molecule has 1 aromatic rings. The van der Waals surface area contributed by atoms with E-state index in [1.807, 2.05) is 0 Å². The van der Waals surface area contributed by atoms with Gasteiger partial charge in [-0.25, -0.2) is 0 Å². The highest BCUT2D eigenvalue weighted by molar-refractivity contribution is 8.14. The Morgan fingerprint density at radius 2 is 1.79 bits per heavy atom. The van der Waals surface area contributed by atoms with Crippen LogP contribution in [0, 0.1) is 10.8 Å². The van der Waals surface area contributed by atoms with E-state index in [-0.39, 0.29) is 21.5 Å². The Bertz CT molecular complexity index is 562. The molecule has 0 heterocycles. The monoisotopic (exact) mass is 367 g/mol. The smallest absolute Gasteiger partial charge is 0.216 e. The van der Waals surface area contributed by atoms with Crippen LogP contribution in [0.5, 0.6) is 0 Å². The second-order valence-corrected chi connectivity index (χ2v) is 7.84. The summed E-state index contributed by atoms with van der Waals surface area (Å²) in [7, 11) is 0. The molecule has 0 spiro atoms. The fourth-order valence-corrected chi connectivity index (χ4v) is 3.60. The van der Waals surface area contributed by atoms with E-state index in [1.54, 1.807) is 0 Å². The van der Waals surface area contributed by atoms with E-state index in [0.29, 0.717) is 6.54 Å². The Morgan fingerprint density at radius 1 is 1.17 bits per heavy atom. The van der Waals surface area contributed by atoms with Gasteiger partial charge in [-0.3, -0.25) is 15.6 Å². The number of nitrogens with one attached hydrogen (secondary N) is 3. The lowest BCUT2D eigenvalue weighted by Crippen LogP contribution is -2.25. The number of amides is 1. The quantitative estimate of drug-likeness (QED) is 0.336. The molecule has 7 N–H and O–H groups in total. The van der Waals surface area contributed by atoms with Crippen molar-refractivity contribution >= 4 is 39.8 Å². The Hall–Kier alpha value is -1.67. The van der Waals surface area contributed by atoms with Crippen molar-refractivity contribution in [3.05, 3.63) is 35.4 Å². The van der Waals surface area contributed by atoms with Crippen LogP contribution in [-0.2, 0) is 17.6 Å². The normalized spacial score (nSPS) is 11.7. The minimum Gasteiger partial charge on any atom is -0.379 e. The molecule has 0 unspecified atom stereocenters. The lowest BCUT2D eigenvalue weighted by atomic mass is 10.0.